The van der Waals surface area contributed by atoms with Crippen molar-refractivity contribution in [2.24, 2.45) is 32.7 Å². The van der Waals surface area contributed by atoms with Crippen LogP contribution in [0.15, 0.2) is 292 Å². The van der Waals surface area contributed by atoms with Gasteiger partial charge >= 0.3 is 64.5 Å². The number of H-pyrrole nitrogens is 1. The molecule has 23 rings (SSSR count). The van der Waals surface area contributed by atoms with Gasteiger partial charge in [-0.15, -0.1) is 37.3 Å². The quantitative estimate of drug-likeness (QED) is 0.00400. The van der Waals surface area contributed by atoms with E-state index in [-0.39, 0.29) is 118 Å². The van der Waals surface area contributed by atoms with Crippen LogP contribution < -0.4 is 81.0 Å². The standard InChI is InChI=1S/C18H18N4O2S.C15H14N4S.C14H11NS.C13H11NO2.C13H13N.C13H12.C10H7Br.C3H5ClO2.C3H5.C2H6O.CH6N4.CH4.BrH.Mg.HNO2.Na/c1-24-16(23)10-25-18-21-20-17(19)22(18)15-9-8-12(11-6-7-11)13-4-2-3-5-14(13)15;16-14-17-18-15(20)19(14)13-8-7-10(9-5-6-9)11-3-1-2-4-12(11)13;16-9-15-14-8-7-11(10-5-6-10)12-3-1-2-4-13(12)14;15-14(16)13-8-7-10(9-5-6-9)11-3-1-2-4-12(11)13;14-13-8-7-10(9-5-6-9)11-3-1-2-4-12(11)13;1-2-6-12-10(4-1)5-3-7-13(12)11-8-9-11;11-10-7-3-5-8-4-1-2-6-9(8)10;1-6-3(5)2-4;1-2-3-1;1-2-3;2-1(3)5-4;;;;2-1-3;/h2-5,8-9,11H,6-7,10H2,1H3,(H2,19,20);1-4,7-9H,5-6H2,(H2,16,17)(H,18,20);1-4,7-8,10H,5-6H2;1-4,7-9H,5-6H2;1-4,7-9H,5-6,14H2;1-7,11H,8-9H2;1-7H;2H2,1H3;1H,2-3H2;3H,2H2,1H3;4H2,(H4,2,3,5);1H4;1H;;(H,2,3);/q;;;;;;;;-1;;;;;+2;;+1/p-2. The molecule has 14 N–H and O–H groups in total. The molecule has 712 valence electrons. The number of methoxy groups -OCH3 is 2. The van der Waals surface area contributed by atoms with Gasteiger partial charge in [-0.2, -0.15) is 4.99 Å². The predicted molar refractivity (Wildman–Crippen MR) is 572 cm³/mol. The number of guanidine groups is 1. The molecule has 0 amide bonds. The number of nitrogens with one attached hydrogen (secondary N) is 1. The fraction of sp³-hybridized carbons (Fsp3) is 0.255. The summed E-state index contributed by atoms with van der Waals surface area (Å²) in [7, 11) is 2.66. The number of esters is 2. The Bertz CT molecular complexity index is 6840. The number of ether oxygens (including phenoxy) is 2. The van der Waals surface area contributed by atoms with Gasteiger partial charge in [-0.05, 0) is 262 Å². The average Bonchev–Trinajstić information content (AvgIpc) is 1.41. The van der Waals surface area contributed by atoms with Crippen LogP contribution in [0.4, 0.5) is 29.0 Å². The van der Waals surface area contributed by atoms with Crippen LogP contribution >= 0.6 is 63.7 Å². The maximum atomic E-state index is 11.4. The van der Waals surface area contributed by atoms with Gasteiger partial charge in [-0.25, -0.2) is 17.9 Å². The molecule has 0 atom stereocenters. The number of halogens is 3. The molecular weight excluding hydrogens is 1980 g/mol. The van der Waals surface area contributed by atoms with E-state index in [2.05, 4.69) is 275 Å². The number of thioether (sulfide) groups is 1. The van der Waals surface area contributed by atoms with Crippen LogP contribution in [0.25, 0.3) is 86.8 Å². The molecule has 7 fully saturated rings. The van der Waals surface area contributed by atoms with E-state index in [1.807, 2.05) is 66.7 Å². The second-order valence-corrected chi connectivity index (χ2v) is 35.2. The van der Waals surface area contributed by atoms with E-state index in [1.165, 1.54) is 203 Å². The van der Waals surface area contributed by atoms with Crippen molar-refractivity contribution < 1.29 is 75.6 Å². The Morgan fingerprint density at radius 1 is 0.540 bits per heavy atom. The van der Waals surface area contributed by atoms with E-state index in [1.54, 1.807) is 27.7 Å². The molecule has 25 nitrogen and oxygen atoms in total. The largest absolute Gasteiger partial charge is 2.00 e. The van der Waals surface area contributed by atoms with Gasteiger partial charge in [0.25, 0.3) is 5.69 Å². The number of hydrazone groups is 1. The zero-order valence-electron chi connectivity index (χ0n) is 77.2. The van der Waals surface area contributed by atoms with Gasteiger partial charge in [-0.3, -0.25) is 28.8 Å². The van der Waals surface area contributed by atoms with E-state index in [9.17, 15) is 19.7 Å². The molecule has 33 heteroatoms. The topological polar surface area (TPSA) is 414 Å². The zero-order chi connectivity index (χ0) is 95.9. The van der Waals surface area contributed by atoms with Gasteiger partial charge in [0.2, 0.25) is 22.6 Å². The number of aliphatic hydroxyl groups is 1. The van der Waals surface area contributed by atoms with E-state index < -0.39 is 5.97 Å². The van der Waals surface area contributed by atoms with Crippen molar-refractivity contribution in [2.75, 3.05) is 49.7 Å². The molecule has 0 bridgehead atoms. The zero-order valence-corrected chi connectivity index (χ0v) is 87.0. The van der Waals surface area contributed by atoms with Crippen molar-refractivity contribution in [3.8, 4) is 11.4 Å². The third-order valence-corrected chi connectivity index (χ3v) is 25.1. The number of aliphatic hydroxyl groups excluding tert-OH is 1. The first-order valence-corrected chi connectivity index (χ1v) is 47.6. The van der Waals surface area contributed by atoms with Crippen LogP contribution in [-0.2, 0) is 19.1 Å². The van der Waals surface area contributed by atoms with Crippen molar-refractivity contribution >= 4 is 214 Å². The minimum absolute atomic E-state index is 0. The minimum atomic E-state index is -0.392. The summed E-state index contributed by atoms with van der Waals surface area (Å²) in [5.41, 5.74) is 39.8. The molecule has 7 saturated carbocycles. The minimum Gasteiger partial charge on any atom is -1.00 e. The second-order valence-electron chi connectivity index (χ2n) is 32.6. The summed E-state index contributed by atoms with van der Waals surface area (Å²) in [4.78, 5) is 44.0. The SMILES string of the molecule is Brc1cccc2ccccc12.C.CCO.COC(=O)CCl.COC(=O)CSc1nnc(N)n1-c1ccc(C2CC2)c2ccccc12.NN=C(N)N.Nc1ccc(C2CC2)c2ccccc12.Nc1n[nH]c(=S)n1-c1ccc(C2CC2)c2ccccc12.O=N[O-].O=[N+]([O-])c1ccc(C2CC2)c2ccccc12.S=C=Nc1ccc(C2CC2)c2ccccc12.[Br-].[CH-]1CC1.[Mg+2].[Na+].c1ccc2c(C3CC3)cccc2c1. The number of aromatic nitrogens is 6. The molecule has 7 aliphatic carbocycles. The van der Waals surface area contributed by atoms with Crippen molar-refractivity contribution in [3.05, 3.63) is 336 Å². The Morgan fingerprint density at radius 2 is 0.885 bits per heavy atom. The number of nitrogens with two attached hydrogens (primary N) is 6. The van der Waals surface area contributed by atoms with E-state index in [4.69, 9.17) is 72.4 Å². The number of hydrogen-bond acceptors (Lipinski definition) is 22. The van der Waals surface area contributed by atoms with Gasteiger partial charge in [0.05, 0.1) is 52.5 Å². The number of non-ortho nitro benzene ring substituents is 1. The molecule has 2 aromatic heterocycles. The summed E-state index contributed by atoms with van der Waals surface area (Å²) in [6.07, 6.45) is 20.6. The molecular formula is C106H112Br2ClMgN16NaO9S3. The maximum absolute atomic E-state index is 11.4. The predicted octanol–water partition coefficient (Wildman–Crippen LogP) is 19.4. The first kappa shape index (κ1) is 113. The van der Waals surface area contributed by atoms with Gasteiger partial charge in [0, 0.05) is 44.4 Å². The Kier molecular flexibility index (Phi) is 46.2. The van der Waals surface area contributed by atoms with E-state index in [0.29, 0.717) is 39.6 Å². The first-order valence-electron chi connectivity index (χ1n) is 44.5. The van der Waals surface area contributed by atoms with Gasteiger partial charge in [-0.1, -0.05) is 260 Å². The number of benzene rings is 14. The number of nitrogen functional groups attached to an aromatic ring is 3. The van der Waals surface area contributed by atoms with Crippen LogP contribution in [0.3, 0.4) is 0 Å². The Balaban J connectivity index is 0.000000193. The number of nitro groups is 1. The molecule has 7 aliphatic rings. The van der Waals surface area contributed by atoms with Gasteiger partial charge in [0.15, 0.2) is 5.16 Å². The molecule has 16 aromatic rings. The molecule has 139 heavy (non-hydrogen) atoms. The van der Waals surface area contributed by atoms with Crippen molar-refractivity contribution in [1.29, 1.82) is 0 Å². The second kappa shape index (κ2) is 56.8. The fourth-order valence-corrected chi connectivity index (χ4v) is 17.3. The van der Waals surface area contributed by atoms with Crippen LogP contribution in [0.2, 0.25) is 0 Å². The summed E-state index contributed by atoms with van der Waals surface area (Å²) >= 11 is 19.7. The molecule has 0 saturated heterocycles. The van der Waals surface area contributed by atoms with Crippen LogP contribution in [0.5, 0.6) is 0 Å². The first-order chi connectivity index (χ1) is 65.7. The van der Waals surface area contributed by atoms with Crippen LogP contribution in [-0.4, -0.2) is 118 Å². The summed E-state index contributed by atoms with van der Waals surface area (Å²) in [6, 6.07) is 91.6. The number of aromatic amines is 1. The number of thiocarbonyl (C=S) groups is 1. The average molecular weight is 2090 g/mol. The normalized spacial score (nSPS) is 13.3. The Hall–Kier alpha value is -11.3. The van der Waals surface area contributed by atoms with Gasteiger partial charge < -0.3 is 82.6 Å². The fourth-order valence-electron chi connectivity index (χ4n) is 15.6. The van der Waals surface area contributed by atoms with Crippen LogP contribution in [0, 0.1) is 31.4 Å². The number of alkyl halides is 1. The number of fused-ring (bicyclic) bond motifs is 7. The van der Waals surface area contributed by atoms with Gasteiger partial charge in [0.1, 0.15) is 5.88 Å². The van der Waals surface area contributed by atoms with E-state index >= 15 is 0 Å². The Morgan fingerprint density at radius 3 is 1.28 bits per heavy atom. The number of nitrogens with zero attached hydrogens (tertiary/aromatic N) is 9. The summed E-state index contributed by atoms with van der Waals surface area (Å²) < 4.78 is 14.1. The number of aliphatic imine (C=N–C) groups is 1. The summed E-state index contributed by atoms with van der Waals surface area (Å²) in [6.45, 7) is 1.93. The number of isothiocyanates is 1. The Labute approximate surface area is 885 Å². The number of carbonyl (C=O) groups excluding carboxylic acids is 2. The molecule has 0 radical (unpaired) electrons. The van der Waals surface area contributed by atoms with E-state index in [0.717, 1.165) is 66.5 Å². The molecule has 0 unspecified atom stereocenters. The molecule has 0 spiro atoms. The monoisotopic (exact) mass is 2090 g/mol. The van der Waals surface area contributed by atoms with Crippen molar-refractivity contribution in [3.63, 3.8) is 0 Å². The van der Waals surface area contributed by atoms with Crippen molar-refractivity contribution in [1.82, 2.24) is 29.5 Å². The number of carbonyl (C=O) groups is 2. The van der Waals surface area contributed by atoms with Crippen LogP contribution in [0.1, 0.15) is 173 Å². The molecule has 14 aromatic carbocycles. The summed E-state index contributed by atoms with van der Waals surface area (Å²) in [5, 5.41) is 65.3. The number of nitro benzene ring substituents is 1. The molecule has 0 aliphatic heterocycles. The third kappa shape index (κ3) is 32.1. The summed E-state index contributed by atoms with van der Waals surface area (Å²) in [5.74, 6) is 8.89. The number of hydrogen-bond donors (Lipinski definition) is 8. The molecule has 2 heterocycles. The smallest absolute Gasteiger partial charge is 1.00 e. The van der Waals surface area contributed by atoms with Crippen molar-refractivity contribution in [2.45, 2.75) is 145 Å². The third-order valence-electron chi connectivity index (χ3n) is 22.9. The number of anilines is 3. The number of rotatable bonds is 14. The maximum Gasteiger partial charge on any atom is 2.00 e.